The number of halogens is 2. The average molecular weight is 474 g/mol. The van der Waals surface area contributed by atoms with Crippen molar-refractivity contribution in [2.75, 3.05) is 21.6 Å². The Morgan fingerprint density at radius 3 is 2.42 bits per heavy atom. The Bertz CT molecular complexity index is 1380. The monoisotopic (exact) mass is 473 g/mol. The molecule has 1 heterocycles. The molecule has 0 saturated heterocycles. The molecular weight excluding hydrogens is 452 g/mol. The third-order valence-electron chi connectivity index (χ3n) is 4.98. The van der Waals surface area contributed by atoms with E-state index in [0.29, 0.717) is 28.6 Å². The van der Waals surface area contributed by atoms with Crippen LogP contribution < -0.4 is 20.1 Å². The van der Waals surface area contributed by atoms with Gasteiger partial charge in [0.25, 0.3) is 0 Å². The maximum absolute atomic E-state index is 14.3. The summed E-state index contributed by atoms with van der Waals surface area (Å²) < 4.78 is 59.4. The van der Waals surface area contributed by atoms with Crippen LogP contribution in [0.1, 0.15) is 12.5 Å². The Labute approximate surface area is 189 Å². The smallest absolute Gasteiger partial charge is 0.246 e. The van der Waals surface area contributed by atoms with E-state index in [4.69, 9.17) is 4.74 Å². The van der Waals surface area contributed by atoms with E-state index in [1.807, 2.05) is 13.0 Å². The lowest BCUT2D eigenvalue weighted by Crippen LogP contribution is -2.36. The molecule has 1 aliphatic heterocycles. The van der Waals surface area contributed by atoms with Crippen molar-refractivity contribution in [2.24, 2.45) is 0 Å². The first-order valence-corrected chi connectivity index (χ1v) is 11.9. The van der Waals surface area contributed by atoms with Crippen molar-refractivity contribution in [2.45, 2.75) is 19.9 Å². The predicted octanol–water partition coefficient (Wildman–Crippen LogP) is 4.86. The molecule has 0 fully saturated rings. The molecule has 4 rings (SSSR count). The van der Waals surface area contributed by atoms with Gasteiger partial charge in [0.15, 0.2) is 11.6 Å². The van der Waals surface area contributed by atoms with E-state index in [-0.39, 0.29) is 23.1 Å². The number of benzene rings is 3. The summed E-state index contributed by atoms with van der Waals surface area (Å²) >= 11 is 0. The Kier molecular flexibility index (Phi) is 5.71. The summed E-state index contributed by atoms with van der Waals surface area (Å²) in [6, 6.07) is 10.6. The van der Waals surface area contributed by atoms with Crippen LogP contribution in [0, 0.1) is 18.6 Å². The van der Waals surface area contributed by atoms with Gasteiger partial charge in [-0.1, -0.05) is 0 Å². The highest BCUT2D eigenvalue weighted by atomic mass is 32.2. The molecule has 0 aliphatic carbocycles. The minimum Gasteiger partial charge on any atom is -0.454 e. The molecule has 3 N–H and O–H groups in total. The van der Waals surface area contributed by atoms with Crippen LogP contribution in [0.25, 0.3) is 11.1 Å². The minimum absolute atomic E-state index is 0.197. The van der Waals surface area contributed by atoms with Crippen LogP contribution in [-0.2, 0) is 14.8 Å². The SMILES string of the molecule is Cc1cc2c(c(-c3cc(NS(C)(=O)=O)ccc3Oc3ccc(F)cc3F)c1)NC(C)C(=O)N2. The number of nitrogens with one attached hydrogen (secondary N) is 3. The number of carbonyl (C=O) groups excluding carboxylic acids is 1. The van der Waals surface area contributed by atoms with Crippen molar-refractivity contribution in [1.82, 2.24) is 0 Å². The second-order valence-corrected chi connectivity index (χ2v) is 9.60. The Morgan fingerprint density at radius 1 is 1.00 bits per heavy atom. The molecule has 7 nitrogen and oxygen atoms in total. The Morgan fingerprint density at radius 2 is 1.73 bits per heavy atom. The van der Waals surface area contributed by atoms with E-state index in [0.717, 1.165) is 17.9 Å². The molecule has 33 heavy (non-hydrogen) atoms. The van der Waals surface area contributed by atoms with E-state index >= 15 is 0 Å². The molecule has 3 aromatic rings. The third kappa shape index (κ3) is 4.90. The van der Waals surface area contributed by atoms with Gasteiger partial charge in [0.1, 0.15) is 17.6 Å². The maximum atomic E-state index is 14.3. The fraction of sp³-hybridized carbons (Fsp3) is 0.174. The van der Waals surface area contributed by atoms with Gasteiger partial charge in [-0.15, -0.1) is 0 Å². The summed E-state index contributed by atoms with van der Waals surface area (Å²) in [5.74, 6) is -1.81. The highest BCUT2D eigenvalue weighted by molar-refractivity contribution is 7.92. The highest BCUT2D eigenvalue weighted by Gasteiger charge is 2.26. The number of ether oxygens (including phenoxy) is 1. The Balaban J connectivity index is 1.90. The lowest BCUT2D eigenvalue weighted by atomic mass is 9.96. The van der Waals surface area contributed by atoms with Crippen LogP contribution in [0.2, 0.25) is 0 Å². The molecule has 0 radical (unpaired) electrons. The van der Waals surface area contributed by atoms with E-state index in [1.165, 1.54) is 18.2 Å². The molecular formula is C23H21F2N3O4S. The van der Waals surface area contributed by atoms with Crippen LogP contribution in [-0.4, -0.2) is 26.6 Å². The summed E-state index contributed by atoms with van der Waals surface area (Å²) in [7, 11) is -3.57. The predicted molar refractivity (Wildman–Crippen MR) is 123 cm³/mol. The van der Waals surface area contributed by atoms with Crippen LogP contribution >= 0.6 is 0 Å². The number of hydrogen-bond donors (Lipinski definition) is 3. The van der Waals surface area contributed by atoms with E-state index in [1.54, 1.807) is 19.1 Å². The number of fused-ring (bicyclic) bond motifs is 1. The lowest BCUT2D eigenvalue weighted by Gasteiger charge is -2.28. The third-order valence-corrected chi connectivity index (χ3v) is 5.59. The highest BCUT2D eigenvalue weighted by Crippen LogP contribution is 2.44. The normalized spacial score (nSPS) is 15.3. The summed E-state index contributed by atoms with van der Waals surface area (Å²) in [6.07, 6.45) is 1.03. The Hall–Kier alpha value is -3.66. The van der Waals surface area contributed by atoms with E-state index in [2.05, 4.69) is 15.4 Å². The van der Waals surface area contributed by atoms with Gasteiger partial charge in [-0.2, -0.15) is 0 Å². The average Bonchev–Trinajstić information content (AvgIpc) is 2.70. The van der Waals surface area contributed by atoms with Crippen molar-refractivity contribution < 1.29 is 26.7 Å². The number of sulfonamides is 1. The van der Waals surface area contributed by atoms with Crippen molar-refractivity contribution in [3.8, 4) is 22.6 Å². The van der Waals surface area contributed by atoms with Crippen molar-refractivity contribution in [1.29, 1.82) is 0 Å². The van der Waals surface area contributed by atoms with Gasteiger partial charge >= 0.3 is 0 Å². The number of aryl methyl sites for hydroxylation is 1. The summed E-state index contributed by atoms with van der Waals surface area (Å²) in [5.41, 5.74) is 3.28. The van der Waals surface area contributed by atoms with Crippen molar-refractivity contribution in [3.05, 3.63) is 65.7 Å². The van der Waals surface area contributed by atoms with Crippen LogP contribution in [0.5, 0.6) is 11.5 Å². The van der Waals surface area contributed by atoms with Gasteiger partial charge in [0.2, 0.25) is 15.9 Å². The fourth-order valence-corrected chi connectivity index (χ4v) is 4.11. The van der Waals surface area contributed by atoms with Gasteiger partial charge in [-0.25, -0.2) is 17.2 Å². The minimum atomic E-state index is -3.57. The van der Waals surface area contributed by atoms with Gasteiger partial charge in [-0.05, 0) is 61.9 Å². The number of anilines is 3. The quantitative estimate of drug-likeness (QED) is 0.492. The fourth-order valence-electron chi connectivity index (χ4n) is 3.56. The van der Waals surface area contributed by atoms with Crippen LogP contribution in [0.4, 0.5) is 25.8 Å². The number of rotatable bonds is 5. The first kappa shape index (κ1) is 22.5. The summed E-state index contributed by atoms with van der Waals surface area (Å²) in [5, 5.41) is 5.99. The molecule has 0 aromatic heterocycles. The van der Waals surface area contributed by atoms with E-state index in [9.17, 15) is 22.0 Å². The van der Waals surface area contributed by atoms with Gasteiger partial charge in [-0.3, -0.25) is 9.52 Å². The standard InChI is InChI=1S/C23H21F2N3O4S/c1-12-8-17(22-19(9-12)27-23(29)13(2)26-22)16-11-15(28-33(3,30)31)5-7-20(16)32-21-6-4-14(24)10-18(21)25/h4-11,13,26,28H,1-3H3,(H,27,29). The molecule has 1 atom stereocenters. The molecule has 0 bridgehead atoms. The topological polar surface area (TPSA) is 96.5 Å². The first-order chi connectivity index (χ1) is 15.5. The largest absolute Gasteiger partial charge is 0.454 e. The van der Waals surface area contributed by atoms with E-state index < -0.39 is 27.7 Å². The molecule has 1 aliphatic rings. The summed E-state index contributed by atoms with van der Waals surface area (Å²) in [6.45, 7) is 3.54. The first-order valence-electron chi connectivity index (χ1n) is 9.97. The van der Waals surface area contributed by atoms with Crippen molar-refractivity contribution in [3.63, 3.8) is 0 Å². The zero-order chi connectivity index (χ0) is 23.9. The van der Waals surface area contributed by atoms with Gasteiger partial charge in [0.05, 0.1) is 17.6 Å². The van der Waals surface area contributed by atoms with Gasteiger partial charge < -0.3 is 15.4 Å². The molecule has 1 unspecified atom stereocenters. The molecule has 3 aromatic carbocycles. The second-order valence-electron chi connectivity index (χ2n) is 7.85. The molecule has 0 saturated carbocycles. The number of hydrogen-bond acceptors (Lipinski definition) is 5. The van der Waals surface area contributed by atoms with Crippen molar-refractivity contribution >= 4 is 33.0 Å². The molecule has 1 amide bonds. The second kappa shape index (κ2) is 8.36. The number of amides is 1. The van der Waals surface area contributed by atoms with Crippen LogP contribution in [0.15, 0.2) is 48.5 Å². The van der Waals surface area contributed by atoms with Crippen LogP contribution in [0.3, 0.4) is 0 Å². The zero-order valence-corrected chi connectivity index (χ0v) is 18.8. The summed E-state index contributed by atoms with van der Waals surface area (Å²) in [4.78, 5) is 12.2. The molecule has 172 valence electrons. The molecule has 0 spiro atoms. The lowest BCUT2D eigenvalue weighted by molar-refractivity contribution is -0.116. The maximum Gasteiger partial charge on any atom is 0.246 e. The zero-order valence-electron chi connectivity index (χ0n) is 18.0. The number of carbonyl (C=O) groups is 1. The van der Waals surface area contributed by atoms with Gasteiger partial charge in [0, 0.05) is 22.9 Å². The molecule has 10 heteroatoms.